The van der Waals surface area contributed by atoms with Gasteiger partial charge in [0, 0.05) is 49.2 Å². The largest absolute Gasteiger partial charge is 0.444 e. The minimum atomic E-state index is -0.890. The summed E-state index contributed by atoms with van der Waals surface area (Å²) in [5.41, 5.74) is 3.81. The Hall–Kier alpha value is -3.75. The Kier molecular flexibility index (Phi) is 5.08. The Morgan fingerprint density at radius 1 is 1.31 bits per heavy atom. The number of aromatic nitrogens is 4. The van der Waals surface area contributed by atoms with Crippen molar-refractivity contribution < 1.29 is 13.6 Å². The summed E-state index contributed by atoms with van der Waals surface area (Å²) in [7, 11) is 1.84. The standard InChI is InChI=1S/C23H23FN6O2/c1-14-8-15(5-6-25-14)23-27-20(13-32-23)22(31)26-19-10-18-16(11-29(2)28-18)9-21(19)30-7-3-4-17(24)12-30/h5-6,8-11,13,17H,3-4,7,12H2,1-2H3,(H,26,31). The molecule has 0 aliphatic carbocycles. The van der Waals surface area contributed by atoms with Crippen LogP contribution in [0, 0.1) is 6.92 Å². The zero-order valence-electron chi connectivity index (χ0n) is 17.9. The van der Waals surface area contributed by atoms with Crippen LogP contribution in [0.5, 0.6) is 0 Å². The Morgan fingerprint density at radius 3 is 3.00 bits per heavy atom. The van der Waals surface area contributed by atoms with Gasteiger partial charge in [0.2, 0.25) is 5.89 Å². The number of aryl methyl sites for hydroxylation is 2. The molecule has 1 aromatic carbocycles. The predicted molar refractivity (Wildman–Crippen MR) is 119 cm³/mol. The van der Waals surface area contributed by atoms with Crippen molar-refractivity contribution in [3.63, 3.8) is 0 Å². The van der Waals surface area contributed by atoms with Gasteiger partial charge in [0.1, 0.15) is 12.4 Å². The molecular weight excluding hydrogens is 411 g/mol. The summed E-state index contributed by atoms with van der Waals surface area (Å²) in [5.74, 6) is -0.0616. The topological polar surface area (TPSA) is 89.1 Å². The number of hydrogen-bond donors (Lipinski definition) is 1. The van der Waals surface area contributed by atoms with E-state index in [0.29, 0.717) is 24.5 Å². The second-order valence-corrected chi connectivity index (χ2v) is 8.09. The number of piperidine rings is 1. The van der Waals surface area contributed by atoms with Crippen molar-refractivity contribution in [2.75, 3.05) is 23.3 Å². The lowest BCUT2D eigenvalue weighted by molar-refractivity contribution is 0.102. The Morgan fingerprint density at radius 2 is 2.19 bits per heavy atom. The van der Waals surface area contributed by atoms with Crippen LogP contribution in [-0.4, -0.2) is 44.9 Å². The molecule has 3 aromatic heterocycles. The number of nitrogens with zero attached hydrogens (tertiary/aromatic N) is 5. The van der Waals surface area contributed by atoms with Crippen molar-refractivity contribution in [1.29, 1.82) is 0 Å². The molecule has 0 spiro atoms. The molecule has 1 aliphatic rings. The van der Waals surface area contributed by atoms with E-state index >= 15 is 0 Å². The van der Waals surface area contributed by atoms with Gasteiger partial charge in [0.25, 0.3) is 5.91 Å². The third kappa shape index (κ3) is 3.93. The van der Waals surface area contributed by atoms with E-state index in [4.69, 9.17) is 4.42 Å². The highest BCUT2D eigenvalue weighted by Gasteiger charge is 2.24. The molecule has 0 bridgehead atoms. The fourth-order valence-electron chi connectivity index (χ4n) is 4.06. The SMILES string of the molecule is Cc1cc(-c2nc(C(=O)Nc3cc4nn(C)cc4cc3N3CCCC(F)C3)co2)ccn1. The highest BCUT2D eigenvalue weighted by molar-refractivity contribution is 6.06. The molecule has 32 heavy (non-hydrogen) atoms. The number of hydrogen-bond acceptors (Lipinski definition) is 6. The van der Waals surface area contributed by atoms with Gasteiger partial charge in [0.15, 0.2) is 5.69 Å². The molecule has 164 valence electrons. The zero-order chi connectivity index (χ0) is 22.2. The van der Waals surface area contributed by atoms with Gasteiger partial charge in [-0.2, -0.15) is 5.10 Å². The Bertz CT molecular complexity index is 1300. The predicted octanol–water partition coefficient (Wildman–Crippen LogP) is 4.12. The van der Waals surface area contributed by atoms with E-state index in [9.17, 15) is 9.18 Å². The van der Waals surface area contributed by atoms with E-state index in [-0.39, 0.29) is 5.69 Å². The minimum absolute atomic E-state index is 0.156. The van der Waals surface area contributed by atoms with E-state index in [1.54, 1.807) is 16.9 Å². The Balaban J connectivity index is 1.46. The van der Waals surface area contributed by atoms with Gasteiger partial charge in [-0.15, -0.1) is 0 Å². The van der Waals surface area contributed by atoms with E-state index in [1.165, 1.54) is 6.26 Å². The fraction of sp³-hybridized carbons (Fsp3) is 0.304. The number of amides is 1. The normalized spacial score (nSPS) is 16.5. The molecule has 4 heterocycles. The maximum absolute atomic E-state index is 14.1. The van der Waals surface area contributed by atoms with E-state index in [2.05, 4.69) is 20.4 Å². The molecule has 1 aliphatic heterocycles. The monoisotopic (exact) mass is 434 g/mol. The number of carbonyl (C=O) groups is 1. The molecule has 1 fully saturated rings. The lowest BCUT2D eigenvalue weighted by Crippen LogP contribution is -2.37. The first-order valence-electron chi connectivity index (χ1n) is 10.5. The van der Waals surface area contributed by atoms with Gasteiger partial charge in [-0.1, -0.05) is 0 Å². The summed E-state index contributed by atoms with van der Waals surface area (Å²) in [4.78, 5) is 23.5. The van der Waals surface area contributed by atoms with Crippen LogP contribution in [0.2, 0.25) is 0 Å². The number of anilines is 2. The fourth-order valence-corrected chi connectivity index (χ4v) is 4.06. The molecule has 4 aromatic rings. The van der Waals surface area contributed by atoms with Gasteiger partial charge in [-0.05, 0) is 44.0 Å². The van der Waals surface area contributed by atoms with Crippen molar-refractivity contribution in [2.24, 2.45) is 7.05 Å². The molecule has 9 heteroatoms. The third-order valence-corrected chi connectivity index (χ3v) is 5.57. The van der Waals surface area contributed by atoms with Gasteiger partial charge in [-0.3, -0.25) is 14.5 Å². The Labute approximate surface area is 184 Å². The molecule has 8 nitrogen and oxygen atoms in total. The maximum atomic E-state index is 14.1. The number of carbonyl (C=O) groups excluding carboxylic acids is 1. The van der Waals surface area contributed by atoms with Crippen LogP contribution in [-0.2, 0) is 7.05 Å². The summed E-state index contributed by atoms with van der Waals surface area (Å²) in [6, 6.07) is 7.38. The number of halogens is 1. The first kappa shape index (κ1) is 20.2. The van der Waals surface area contributed by atoms with Crippen LogP contribution in [0.1, 0.15) is 29.0 Å². The van der Waals surface area contributed by atoms with Gasteiger partial charge >= 0.3 is 0 Å². The van der Waals surface area contributed by atoms with Crippen molar-refractivity contribution in [3.05, 3.63) is 54.3 Å². The smallest absolute Gasteiger partial charge is 0.277 e. The zero-order valence-corrected chi connectivity index (χ0v) is 17.9. The number of benzene rings is 1. The van der Waals surface area contributed by atoms with Crippen LogP contribution >= 0.6 is 0 Å². The third-order valence-electron chi connectivity index (χ3n) is 5.57. The second kappa shape index (κ2) is 8.07. The van der Waals surface area contributed by atoms with Gasteiger partial charge < -0.3 is 14.6 Å². The molecular formula is C23H23FN6O2. The highest BCUT2D eigenvalue weighted by Crippen LogP contribution is 2.33. The van der Waals surface area contributed by atoms with E-state index < -0.39 is 12.1 Å². The number of pyridine rings is 1. The quantitative estimate of drug-likeness (QED) is 0.520. The maximum Gasteiger partial charge on any atom is 0.277 e. The number of alkyl halides is 1. The molecule has 5 rings (SSSR count). The molecule has 1 saturated heterocycles. The highest BCUT2D eigenvalue weighted by atomic mass is 19.1. The van der Waals surface area contributed by atoms with Crippen LogP contribution in [0.4, 0.5) is 15.8 Å². The van der Waals surface area contributed by atoms with E-state index in [0.717, 1.165) is 40.8 Å². The minimum Gasteiger partial charge on any atom is -0.444 e. The molecule has 1 atom stereocenters. The van der Waals surface area contributed by atoms with Gasteiger partial charge in [-0.25, -0.2) is 9.37 Å². The molecule has 1 amide bonds. The van der Waals surface area contributed by atoms with E-state index in [1.807, 2.05) is 43.3 Å². The average molecular weight is 434 g/mol. The lowest BCUT2D eigenvalue weighted by atomic mass is 10.1. The molecule has 0 radical (unpaired) electrons. The van der Waals surface area contributed by atoms with Crippen molar-refractivity contribution in [3.8, 4) is 11.5 Å². The van der Waals surface area contributed by atoms with Crippen molar-refractivity contribution >= 4 is 28.2 Å². The second-order valence-electron chi connectivity index (χ2n) is 8.09. The molecule has 1 unspecified atom stereocenters. The molecule has 1 N–H and O–H groups in total. The summed E-state index contributed by atoms with van der Waals surface area (Å²) in [6.45, 7) is 2.90. The molecule has 0 saturated carbocycles. The summed E-state index contributed by atoms with van der Waals surface area (Å²) >= 11 is 0. The number of oxazole rings is 1. The summed E-state index contributed by atoms with van der Waals surface area (Å²) < 4.78 is 21.4. The number of rotatable bonds is 4. The number of fused-ring (bicyclic) bond motifs is 1. The van der Waals surface area contributed by atoms with Crippen molar-refractivity contribution in [1.82, 2.24) is 19.7 Å². The van der Waals surface area contributed by atoms with Crippen LogP contribution in [0.25, 0.3) is 22.4 Å². The summed E-state index contributed by atoms with van der Waals surface area (Å²) in [6.07, 6.45) is 5.33. The first-order chi connectivity index (χ1) is 15.5. The van der Waals surface area contributed by atoms with Crippen LogP contribution in [0.15, 0.2) is 47.3 Å². The average Bonchev–Trinajstić information content (AvgIpc) is 3.39. The van der Waals surface area contributed by atoms with Gasteiger partial charge in [0.05, 0.1) is 16.9 Å². The number of nitrogens with one attached hydrogen (secondary N) is 1. The lowest BCUT2D eigenvalue weighted by Gasteiger charge is -2.32. The van der Waals surface area contributed by atoms with Crippen LogP contribution < -0.4 is 10.2 Å². The van der Waals surface area contributed by atoms with Crippen molar-refractivity contribution in [2.45, 2.75) is 25.9 Å². The van der Waals surface area contributed by atoms with Crippen LogP contribution in [0.3, 0.4) is 0 Å². The summed E-state index contributed by atoms with van der Waals surface area (Å²) in [5, 5.41) is 8.30. The first-order valence-corrected chi connectivity index (χ1v) is 10.5.